The maximum Gasteiger partial charge on any atom is 0.260 e. The highest BCUT2D eigenvalue weighted by Crippen LogP contribution is 2.41. The van der Waals surface area contributed by atoms with Gasteiger partial charge in [-0.1, -0.05) is 29.3 Å². The van der Waals surface area contributed by atoms with Crippen molar-refractivity contribution in [2.24, 2.45) is 0 Å². The molecule has 2 aromatic carbocycles. The van der Waals surface area contributed by atoms with Crippen LogP contribution in [0.15, 0.2) is 66.1 Å². The summed E-state index contributed by atoms with van der Waals surface area (Å²) in [4.78, 5) is 5.23. The maximum absolute atomic E-state index is 6.52. The van der Waals surface area contributed by atoms with Crippen LogP contribution >= 0.6 is 47.2 Å². The fraction of sp³-hybridized carbons (Fsp3) is 0.273. The minimum Gasteiger partial charge on any atom is -0.474 e. The van der Waals surface area contributed by atoms with E-state index in [9.17, 15) is 0 Å². The average molecular weight is 510 g/mol. The number of nitrogens with one attached hydrogen (secondary N) is 1. The Labute approximate surface area is 206 Å². The molecule has 0 radical (unpaired) electrons. The number of hydrogen-bond donors (Lipinski definition) is 1. The Morgan fingerprint density at radius 1 is 1.31 bits per heavy atom. The molecule has 0 aliphatic carbocycles. The highest BCUT2D eigenvalue weighted by molar-refractivity contribution is 7.99. The molecule has 0 amide bonds. The highest BCUT2D eigenvalue weighted by atomic mass is 35.5. The van der Waals surface area contributed by atoms with Crippen molar-refractivity contribution in [1.82, 2.24) is 9.55 Å². The van der Waals surface area contributed by atoms with Gasteiger partial charge in [0, 0.05) is 39.3 Å². The molecule has 0 spiro atoms. The lowest BCUT2D eigenvalue weighted by atomic mass is 10.1. The molecule has 0 bridgehead atoms. The van der Waals surface area contributed by atoms with E-state index in [1.165, 1.54) is 7.11 Å². The van der Waals surface area contributed by atoms with Crippen molar-refractivity contribution >= 4 is 58.0 Å². The van der Waals surface area contributed by atoms with Crippen LogP contribution in [-0.2, 0) is 26.5 Å². The monoisotopic (exact) mass is 509 g/mol. The quantitative estimate of drug-likeness (QED) is 0.328. The van der Waals surface area contributed by atoms with Crippen LogP contribution in [0.25, 0.3) is 0 Å². The predicted octanol–water partition coefficient (Wildman–Crippen LogP) is 5.59. The minimum absolute atomic E-state index is 0.117. The summed E-state index contributed by atoms with van der Waals surface area (Å²) in [5, 5.41) is 4.40. The summed E-state index contributed by atoms with van der Waals surface area (Å²) < 4.78 is 19.6. The second-order valence-corrected chi connectivity index (χ2v) is 9.42. The Morgan fingerprint density at radius 2 is 2.12 bits per heavy atom. The van der Waals surface area contributed by atoms with Crippen molar-refractivity contribution in [1.29, 1.82) is 0 Å². The number of benzene rings is 2. The van der Waals surface area contributed by atoms with Crippen LogP contribution in [0.2, 0.25) is 10.0 Å². The van der Waals surface area contributed by atoms with Crippen LogP contribution in [0.1, 0.15) is 5.56 Å². The standard InChI is InChI=1S/C22H21Cl2N3O3S2/c1-28-21(31)26-16-3-5-18(6-4-16)32-12-17-11-29-22(30-17,13-27-9-8-25-14-27)19-7-2-15(23)10-20(19)24/h2-10,14,17H,11-13H2,1H3,(H,26,31)/t17-,22+/m0/s1. The molecule has 1 aromatic heterocycles. The van der Waals surface area contributed by atoms with Crippen molar-refractivity contribution in [3.8, 4) is 0 Å². The van der Waals surface area contributed by atoms with E-state index in [-0.39, 0.29) is 6.10 Å². The van der Waals surface area contributed by atoms with Crippen molar-refractivity contribution in [3.05, 3.63) is 76.8 Å². The first-order valence-electron chi connectivity index (χ1n) is 9.78. The topological polar surface area (TPSA) is 57.5 Å². The molecule has 2 atom stereocenters. The Morgan fingerprint density at radius 3 is 2.81 bits per heavy atom. The van der Waals surface area contributed by atoms with E-state index in [2.05, 4.69) is 10.3 Å². The van der Waals surface area contributed by atoms with Gasteiger partial charge in [-0.25, -0.2) is 4.98 Å². The molecule has 0 unspecified atom stereocenters. The number of thiocarbonyl (C=S) groups is 1. The average Bonchev–Trinajstić information content (AvgIpc) is 3.44. The van der Waals surface area contributed by atoms with E-state index >= 15 is 0 Å². The van der Waals surface area contributed by atoms with Crippen molar-refractivity contribution in [3.63, 3.8) is 0 Å². The molecule has 6 nitrogen and oxygen atoms in total. The molecule has 1 aliphatic rings. The number of imidazole rings is 1. The molecular weight excluding hydrogens is 489 g/mol. The first-order valence-corrected chi connectivity index (χ1v) is 11.9. The molecule has 1 aliphatic heterocycles. The van der Waals surface area contributed by atoms with Gasteiger partial charge in [0.15, 0.2) is 0 Å². The summed E-state index contributed by atoms with van der Waals surface area (Å²) in [5.74, 6) is -0.294. The van der Waals surface area contributed by atoms with Gasteiger partial charge in [-0.2, -0.15) is 0 Å². The van der Waals surface area contributed by atoms with E-state index in [0.717, 1.165) is 21.9 Å². The number of aromatic nitrogens is 2. The van der Waals surface area contributed by atoms with Gasteiger partial charge in [-0.05, 0) is 48.6 Å². The first kappa shape index (κ1) is 23.4. The Balaban J connectivity index is 1.45. The molecule has 168 valence electrons. The van der Waals surface area contributed by atoms with Gasteiger partial charge in [-0.3, -0.25) is 0 Å². The molecule has 1 fully saturated rings. The zero-order valence-electron chi connectivity index (χ0n) is 17.2. The SMILES string of the molecule is COC(=S)Nc1ccc(SC[C@@H]2CO[C@@](Cn3ccnc3)(c3ccc(Cl)cc3Cl)O2)cc1. The number of anilines is 1. The number of methoxy groups -OCH3 is 1. The van der Waals surface area contributed by atoms with E-state index in [4.69, 9.17) is 49.6 Å². The molecule has 3 aromatic rings. The second kappa shape index (κ2) is 10.4. The number of ether oxygens (including phenoxy) is 3. The second-order valence-electron chi connectivity index (χ2n) is 7.11. The minimum atomic E-state index is -1.02. The van der Waals surface area contributed by atoms with E-state index in [1.54, 1.807) is 36.4 Å². The zero-order chi connectivity index (χ0) is 22.6. The molecule has 2 heterocycles. The van der Waals surface area contributed by atoms with Gasteiger partial charge in [0.1, 0.15) is 0 Å². The number of rotatable bonds is 7. The third-order valence-corrected chi connectivity index (χ3v) is 6.83. The summed E-state index contributed by atoms with van der Waals surface area (Å²) in [6.45, 7) is 0.873. The van der Waals surface area contributed by atoms with Crippen LogP contribution in [-0.4, -0.2) is 40.3 Å². The van der Waals surface area contributed by atoms with Crippen LogP contribution in [0.3, 0.4) is 0 Å². The van der Waals surface area contributed by atoms with Crippen molar-refractivity contribution in [2.45, 2.75) is 23.3 Å². The molecule has 10 heteroatoms. The number of thioether (sulfide) groups is 1. The smallest absolute Gasteiger partial charge is 0.260 e. The Bertz CT molecular complexity index is 1070. The van der Waals surface area contributed by atoms with Crippen molar-refractivity contribution < 1.29 is 14.2 Å². The predicted molar refractivity (Wildman–Crippen MR) is 132 cm³/mol. The Hall–Kier alpha value is -1.81. The maximum atomic E-state index is 6.52. The van der Waals surface area contributed by atoms with Crippen LogP contribution in [0.4, 0.5) is 5.69 Å². The number of nitrogens with zero attached hydrogens (tertiary/aromatic N) is 2. The van der Waals surface area contributed by atoms with Gasteiger partial charge in [0.25, 0.3) is 5.17 Å². The lowest BCUT2D eigenvalue weighted by Crippen LogP contribution is -2.34. The molecule has 0 saturated carbocycles. The largest absolute Gasteiger partial charge is 0.474 e. The number of halogens is 2. The van der Waals surface area contributed by atoms with Gasteiger partial charge < -0.3 is 24.1 Å². The van der Waals surface area contributed by atoms with Crippen LogP contribution in [0.5, 0.6) is 0 Å². The molecule has 1 N–H and O–H groups in total. The molecular formula is C22H21Cl2N3O3S2. The van der Waals surface area contributed by atoms with Crippen molar-refractivity contribution in [2.75, 3.05) is 24.8 Å². The third kappa shape index (κ3) is 5.57. The molecule has 4 rings (SSSR count). The van der Waals surface area contributed by atoms with Gasteiger partial charge >= 0.3 is 0 Å². The fourth-order valence-electron chi connectivity index (χ4n) is 3.37. The summed E-state index contributed by atoms with van der Waals surface area (Å²) in [5.41, 5.74) is 1.62. The van der Waals surface area contributed by atoms with Gasteiger partial charge in [-0.15, -0.1) is 11.8 Å². The van der Waals surface area contributed by atoms with Crippen LogP contribution < -0.4 is 5.32 Å². The third-order valence-electron chi connectivity index (χ3n) is 4.87. The Kier molecular flexibility index (Phi) is 7.60. The lowest BCUT2D eigenvalue weighted by Gasteiger charge is -2.30. The number of hydrogen-bond acceptors (Lipinski definition) is 6. The van der Waals surface area contributed by atoms with Gasteiger partial charge in [0.2, 0.25) is 5.79 Å². The van der Waals surface area contributed by atoms with E-state index in [1.807, 2.05) is 41.1 Å². The highest BCUT2D eigenvalue weighted by Gasteiger charge is 2.45. The first-order chi connectivity index (χ1) is 15.5. The van der Waals surface area contributed by atoms with E-state index in [0.29, 0.717) is 28.4 Å². The normalized spacial score (nSPS) is 20.3. The van der Waals surface area contributed by atoms with Crippen LogP contribution in [0, 0.1) is 0 Å². The fourth-order valence-corrected chi connectivity index (χ4v) is 4.91. The zero-order valence-corrected chi connectivity index (χ0v) is 20.3. The van der Waals surface area contributed by atoms with E-state index < -0.39 is 5.79 Å². The summed E-state index contributed by atoms with van der Waals surface area (Å²) in [7, 11) is 1.54. The lowest BCUT2D eigenvalue weighted by molar-refractivity contribution is -0.184. The molecule has 32 heavy (non-hydrogen) atoms. The molecule has 1 saturated heterocycles. The summed E-state index contributed by atoms with van der Waals surface area (Å²) >= 11 is 19.3. The van der Waals surface area contributed by atoms with Gasteiger partial charge in [0.05, 0.1) is 37.7 Å². The summed E-state index contributed by atoms with van der Waals surface area (Å²) in [6.07, 6.45) is 5.20. The summed E-state index contributed by atoms with van der Waals surface area (Å²) in [6, 6.07) is 13.3.